The van der Waals surface area contributed by atoms with Crippen molar-refractivity contribution in [2.45, 2.75) is 12.6 Å². The van der Waals surface area contributed by atoms with Crippen molar-refractivity contribution >= 4 is 23.3 Å². The minimum atomic E-state index is -0.00621. The van der Waals surface area contributed by atoms with Crippen LogP contribution in [0, 0.1) is 5.92 Å². The zero-order valence-electron chi connectivity index (χ0n) is 13.4. The maximum Gasteiger partial charge on any atom is 0.321 e. The molecular weight excluding hydrogens is 322 g/mol. The lowest BCUT2D eigenvalue weighted by Gasteiger charge is -2.43. The standard InChI is InChI=1S/C19H20ClN3O/c20-17-9-5-4-6-14(17)10-22-11-15-12-23(13-18(15)22)19(24)21-16-7-2-1-3-8-16/h1-9,15,18H,10-13H2,(H,21,24). The van der Waals surface area contributed by atoms with Gasteiger partial charge in [-0.1, -0.05) is 48.0 Å². The third kappa shape index (κ3) is 2.99. The first-order valence-electron chi connectivity index (χ1n) is 8.29. The van der Waals surface area contributed by atoms with Crippen molar-refractivity contribution in [3.8, 4) is 0 Å². The second kappa shape index (κ2) is 6.46. The number of amides is 2. The first-order valence-corrected chi connectivity index (χ1v) is 8.67. The summed E-state index contributed by atoms with van der Waals surface area (Å²) < 4.78 is 0. The molecule has 124 valence electrons. The fourth-order valence-electron chi connectivity index (χ4n) is 3.66. The summed E-state index contributed by atoms with van der Waals surface area (Å²) in [6, 6.07) is 18.0. The first-order chi connectivity index (χ1) is 11.7. The second-order valence-electron chi connectivity index (χ2n) is 6.55. The normalized spacial score (nSPS) is 22.8. The molecule has 2 heterocycles. The lowest BCUT2D eigenvalue weighted by molar-refractivity contribution is 0.0435. The van der Waals surface area contributed by atoms with Crippen molar-refractivity contribution in [2.24, 2.45) is 5.92 Å². The Morgan fingerprint density at radius 2 is 1.79 bits per heavy atom. The Balaban J connectivity index is 1.35. The second-order valence-corrected chi connectivity index (χ2v) is 6.96. The molecule has 2 aromatic carbocycles. The van der Waals surface area contributed by atoms with Crippen LogP contribution in [0.15, 0.2) is 54.6 Å². The largest absolute Gasteiger partial charge is 0.323 e. The zero-order chi connectivity index (χ0) is 16.5. The number of hydrogen-bond donors (Lipinski definition) is 1. The van der Waals surface area contributed by atoms with Crippen molar-refractivity contribution < 1.29 is 4.79 Å². The monoisotopic (exact) mass is 341 g/mol. The Kier molecular flexibility index (Phi) is 4.17. The number of carbonyl (C=O) groups is 1. The lowest BCUT2D eigenvalue weighted by Crippen LogP contribution is -2.54. The van der Waals surface area contributed by atoms with Crippen molar-refractivity contribution in [1.82, 2.24) is 9.80 Å². The SMILES string of the molecule is O=C(Nc1ccccc1)N1CC2CN(Cc3ccccc3Cl)C2C1. The molecule has 4 nitrogen and oxygen atoms in total. The number of rotatable bonds is 3. The number of hydrogen-bond acceptors (Lipinski definition) is 2. The van der Waals surface area contributed by atoms with E-state index in [1.54, 1.807) is 0 Å². The van der Waals surface area contributed by atoms with E-state index in [1.807, 2.05) is 53.4 Å². The van der Waals surface area contributed by atoms with E-state index in [9.17, 15) is 4.79 Å². The number of carbonyl (C=O) groups excluding carboxylic acids is 1. The number of benzene rings is 2. The van der Waals surface area contributed by atoms with Gasteiger partial charge in [0.2, 0.25) is 0 Å². The van der Waals surface area contributed by atoms with Crippen LogP contribution in [0.3, 0.4) is 0 Å². The molecule has 2 atom stereocenters. The van der Waals surface area contributed by atoms with Crippen LogP contribution >= 0.6 is 11.6 Å². The predicted octanol–water partition coefficient (Wildman–Crippen LogP) is 3.69. The summed E-state index contributed by atoms with van der Waals surface area (Å²) in [6.07, 6.45) is 0. The summed E-state index contributed by atoms with van der Waals surface area (Å²) >= 11 is 6.26. The number of halogens is 1. The minimum Gasteiger partial charge on any atom is -0.323 e. The van der Waals surface area contributed by atoms with E-state index in [4.69, 9.17) is 11.6 Å². The summed E-state index contributed by atoms with van der Waals surface area (Å²) in [4.78, 5) is 16.8. The number of fused-ring (bicyclic) bond motifs is 1. The van der Waals surface area contributed by atoms with E-state index < -0.39 is 0 Å². The molecular formula is C19H20ClN3O. The van der Waals surface area contributed by atoms with E-state index in [1.165, 1.54) is 0 Å². The molecule has 2 saturated heterocycles. The Hall–Kier alpha value is -2.04. The van der Waals surface area contributed by atoms with Crippen molar-refractivity contribution in [1.29, 1.82) is 0 Å². The molecule has 1 N–H and O–H groups in total. The van der Waals surface area contributed by atoms with E-state index in [0.29, 0.717) is 12.0 Å². The highest BCUT2D eigenvalue weighted by molar-refractivity contribution is 6.31. The molecule has 0 spiro atoms. The van der Waals surface area contributed by atoms with Gasteiger partial charge in [-0.2, -0.15) is 0 Å². The molecule has 0 aromatic heterocycles. The van der Waals surface area contributed by atoms with Crippen LogP contribution in [0.2, 0.25) is 5.02 Å². The Morgan fingerprint density at radius 3 is 2.58 bits per heavy atom. The predicted molar refractivity (Wildman–Crippen MR) is 96.2 cm³/mol. The average molecular weight is 342 g/mol. The van der Waals surface area contributed by atoms with Crippen LogP contribution in [0.1, 0.15) is 5.56 Å². The Labute approximate surface area is 147 Å². The van der Waals surface area contributed by atoms with Gasteiger partial charge < -0.3 is 10.2 Å². The number of anilines is 1. The molecule has 0 radical (unpaired) electrons. The van der Waals surface area contributed by atoms with Gasteiger partial charge in [0.15, 0.2) is 0 Å². The van der Waals surface area contributed by atoms with Crippen LogP contribution in [-0.2, 0) is 6.54 Å². The maximum atomic E-state index is 12.4. The average Bonchev–Trinajstić information content (AvgIpc) is 2.92. The van der Waals surface area contributed by atoms with Gasteiger partial charge >= 0.3 is 6.03 Å². The summed E-state index contributed by atoms with van der Waals surface area (Å²) in [6.45, 7) is 3.51. The van der Waals surface area contributed by atoms with E-state index in [-0.39, 0.29) is 6.03 Å². The van der Waals surface area contributed by atoms with E-state index in [0.717, 1.165) is 42.5 Å². The smallest absolute Gasteiger partial charge is 0.321 e. The highest BCUT2D eigenvalue weighted by Crippen LogP contribution is 2.34. The van der Waals surface area contributed by atoms with Gasteiger partial charge in [0.1, 0.15) is 0 Å². The molecule has 2 aromatic rings. The van der Waals surface area contributed by atoms with Gasteiger partial charge in [-0.25, -0.2) is 4.79 Å². The van der Waals surface area contributed by atoms with Gasteiger partial charge in [-0.15, -0.1) is 0 Å². The fourth-order valence-corrected chi connectivity index (χ4v) is 3.86. The van der Waals surface area contributed by atoms with Crippen LogP contribution in [0.25, 0.3) is 0 Å². The molecule has 2 aliphatic heterocycles. The molecule has 2 unspecified atom stereocenters. The number of likely N-dealkylation sites (tertiary alicyclic amines) is 2. The van der Waals surface area contributed by atoms with Crippen LogP contribution in [0.4, 0.5) is 10.5 Å². The molecule has 24 heavy (non-hydrogen) atoms. The lowest BCUT2D eigenvalue weighted by atomic mass is 9.91. The Morgan fingerprint density at radius 1 is 1.04 bits per heavy atom. The fraction of sp³-hybridized carbons (Fsp3) is 0.316. The van der Waals surface area contributed by atoms with Crippen LogP contribution < -0.4 is 5.32 Å². The number of nitrogens with one attached hydrogen (secondary N) is 1. The first kappa shape index (κ1) is 15.5. The molecule has 0 saturated carbocycles. The summed E-state index contributed by atoms with van der Waals surface area (Å²) in [5.74, 6) is 0.578. The van der Waals surface area contributed by atoms with Gasteiger partial charge in [0.25, 0.3) is 0 Å². The van der Waals surface area contributed by atoms with E-state index >= 15 is 0 Å². The number of nitrogens with zero attached hydrogens (tertiary/aromatic N) is 2. The Bertz CT molecular complexity index is 736. The molecule has 2 fully saturated rings. The minimum absolute atomic E-state index is 0.00621. The van der Waals surface area contributed by atoms with E-state index in [2.05, 4.69) is 16.3 Å². The summed E-state index contributed by atoms with van der Waals surface area (Å²) in [7, 11) is 0. The zero-order valence-corrected chi connectivity index (χ0v) is 14.1. The third-order valence-corrected chi connectivity index (χ3v) is 5.36. The molecule has 2 amide bonds. The quantitative estimate of drug-likeness (QED) is 0.924. The van der Waals surface area contributed by atoms with Crippen molar-refractivity contribution in [2.75, 3.05) is 25.0 Å². The van der Waals surface area contributed by atoms with Gasteiger partial charge in [-0.05, 0) is 23.8 Å². The molecule has 2 aliphatic rings. The maximum absolute atomic E-state index is 12.4. The van der Waals surface area contributed by atoms with Crippen molar-refractivity contribution in [3.63, 3.8) is 0 Å². The molecule has 5 heteroatoms. The summed E-state index contributed by atoms with van der Waals surface area (Å²) in [5.41, 5.74) is 2.00. The van der Waals surface area contributed by atoms with Gasteiger partial charge in [0.05, 0.1) is 0 Å². The van der Waals surface area contributed by atoms with Gasteiger partial charge in [-0.3, -0.25) is 4.90 Å². The highest BCUT2D eigenvalue weighted by Gasteiger charge is 2.46. The van der Waals surface area contributed by atoms with Gasteiger partial charge in [0, 0.05) is 48.8 Å². The summed E-state index contributed by atoms with van der Waals surface area (Å²) in [5, 5.41) is 3.79. The number of urea groups is 1. The molecule has 0 bridgehead atoms. The van der Waals surface area contributed by atoms with Crippen LogP contribution in [0.5, 0.6) is 0 Å². The molecule has 4 rings (SSSR count). The topological polar surface area (TPSA) is 35.6 Å². The van der Waals surface area contributed by atoms with Crippen molar-refractivity contribution in [3.05, 3.63) is 65.2 Å². The molecule has 0 aliphatic carbocycles. The number of para-hydroxylation sites is 1. The highest BCUT2D eigenvalue weighted by atomic mass is 35.5. The van der Waals surface area contributed by atoms with Crippen LogP contribution in [-0.4, -0.2) is 41.5 Å². The third-order valence-electron chi connectivity index (χ3n) is 4.99.